The molecular weight excluding hydrogens is 238 g/mol. The van der Waals surface area contributed by atoms with Gasteiger partial charge in [-0.1, -0.05) is 50.3 Å². The number of carbonyl (C=O) groups excluding carboxylic acids is 1. The molecule has 0 fully saturated rings. The Balaban J connectivity index is 0.00000154. The molecule has 0 unspecified atom stereocenters. The molecule has 0 atom stereocenters. The van der Waals surface area contributed by atoms with Crippen LogP contribution in [0.25, 0.3) is 0 Å². The second-order valence-electron chi connectivity index (χ2n) is 3.59. The molecule has 1 aromatic rings. The van der Waals surface area contributed by atoms with E-state index in [1.807, 2.05) is 51.1 Å². The molecule has 1 rings (SSSR count). The molecule has 0 aromatic heterocycles. The van der Waals surface area contributed by atoms with Gasteiger partial charge in [-0.2, -0.15) is 0 Å². The number of benzene rings is 1. The Morgan fingerprint density at radius 3 is 2.32 bits per heavy atom. The van der Waals surface area contributed by atoms with Crippen molar-refractivity contribution in [2.75, 3.05) is 7.11 Å². The molecule has 2 N–H and O–H groups in total. The maximum absolute atomic E-state index is 11.6. The average Bonchev–Trinajstić information content (AvgIpc) is 2.47. The zero-order chi connectivity index (χ0) is 14.7. The summed E-state index contributed by atoms with van der Waals surface area (Å²) in [5, 5.41) is 0. The molecule has 3 nitrogen and oxygen atoms in total. The lowest BCUT2D eigenvalue weighted by Crippen LogP contribution is -2.13. The molecule has 104 valence electrons. The van der Waals surface area contributed by atoms with Gasteiger partial charge in [-0.25, -0.2) is 4.79 Å². The molecule has 0 aliphatic rings. The van der Waals surface area contributed by atoms with Crippen molar-refractivity contribution in [2.24, 2.45) is 5.73 Å². The van der Waals surface area contributed by atoms with Crippen molar-refractivity contribution in [3.8, 4) is 0 Å². The van der Waals surface area contributed by atoms with Gasteiger partial charge in [-0.15, -0.1) is 0 Å². The van der Waals surface area contributed by atoms with Gasteiger partial charge in [-0.05, 0) is 18.6 Å². The van der Waals surface area contributed by atoms with Gasteiger partial charge in [0.1, 0.15) is 0 Å². The summed E-state index contributed by atoms with van der Waals surface area (Å²) in [4.78, 5) is 11.6. The Kier molecular flexibility index (Phi) is 8.88. The lowest BCUT2D eigenvalue weighted by molar-refractivity contribution is -0.136. The van der Waals surface area contributed by atoms with Gasteiger partial charge in [0.05, 0.1) is 12.7 Å². The smallest absolute Gasteiger partial charge is 0.336 e. The van der Waals surface area contributed by atoms with E-state index in [2.05, 4.69) is 0 Å². The number of ether oxygens (including phenoxy) is 1. The van der Waals surface area contributed by atoms with E-state index in [1.54, 1.807) is 12.2 Å². The fourth-order valence-corrected chi connectivity index (χ4v) is 1.50. The molecule has 0 aliphatic carbocycles. The summed E-state index contributed by atoms with van der Waals surface area (Å²) in [6, 6.07) is 9.68. The van der Waals surface area contributed by atoms with Crippen molar-refractivity contribution >= 4 is 5.97 Å². The van der Waals surface area contributed by atoms with Crippen molar-refractivity contribution in [3.63, 3.8) is 0 Å². The van der Waals surface area contributed by atoms with Gasteiger partial charge in [0.25, 0.3) is 0 Å². The van der Waals surface area contributed by atoms with Crippen LogP contribution in [-0.4, -0.2) is 13.1 Å². The number of hydrogen-bond donors (Lipinski definition) is 1. The third kappa shape index (κ3) is 5.91. The van der Waals surface area contributed by atoms with Gasteiger partial charge in [0.2, 0.25) is 0 Å². The van der Waals surface area contributed by atoms with Gasteiger partial charge in [0, 0.05) is 12.1 Å². The van der Waals surface area contributed by atoms with Crippen LogP contribution in [0, 0.1) is 0 Å². The number of allylic oxidation sites excluding steroid dienone is 2. The Labute approximate surface area is 115 Å². The predicted molar refractivity (Wildman–Crippen MR) is 79.5 cm³/mol. The monoisotopic (exact) mass is 261 g/mol. The highest BCUT2D eigenvalue weighted by Gasteiger charge is 2.13. The van der Waals surface area contributed by atoms with Crippen molar-refractivity contribution in [3.05, 3.63) is 59.3 Å². The fourth-order valence-electron chi connectivity index (χ4n) is 1.50. The van der Waals surface area contributed by atoms with Crippen molar-refractivity contribution in [2.45, 2.75) is 27.2 Å². The summed E-state index contributed by atoms with van der Waals surface area (Å²) < 4.78 is 4.74. The van der Waals surface area contributed by atoms with E-state index >= 15 is 0 Å². The molecule has 0 saturated carbocycles. The normalized spacial score (nSPS) is 11.4. The minimum Gasteiger partial charge on any atom is -0.466 e. The van der Waals surface area contributed by atoms with Gasteiger partial charge in [-0.3, -0.25) is 0 Å². The second kappa shape index (κ2) is 9.95. The highest BCUT2D eigenvalue weighted by atomic mass is 16.5. The van der Waals surface area contributed by atoms with Crippen LogP contribution in [0.2, 0.25) is 0 Å². The Morgan fingerprint density at radius 1 is 1.26 bits per heavy atom. The maximum atomic E-state index is 11.6. The van der Waals surface area contributed by atoms with Crippen LogP contribution in [0.3, 0.4) is 0 Å². The number of methoxy groups -OCH3 is 1. The lowest BCUT2D eigenvalue weighted by Gasteiger charge is -2.08. The molecule has 0 aliphatic heterocycles. The topological polar surface area (TPSA) is 52.3 Å². The standard InChI is InChI=1S/C14H17NO2.C2H6/c1-3-7-13(15)12(14(16)17-2)10-11-8-5-4-6-9-11;1-2/h3-9H,10,15H2,1-2H3;1-2H3/b7-3-,13-12-;. The minimum absolute atomic E-state index is 0.385. The van der Waals surface area contributed by atoms with Gasteiger partial charge in [0.15, 0.2) is 0 Å². The van der Waals surface area contributed by atoms with E-state index in [4.69, 9.17) is 10.5 Å². The van der Waals surface area contributed by atoms with Gasteiger partial charge < -0.3 is 10.5 Å². The number of carbonyl (C=O) groups is 1. The molecule has 3 heteroatoms. The molecule has 0 saturated heterocycles. The first-order chi connectivity index (χ1) is 9.19. The van der Waals surface area contributed by atoms with Crippen LogP contribution < -0.4 is 5.73 Å². The first-order valence-corrected chi connectivity index (χ1v) is 6.42. The SMILES string of the molecule is C/C=C\C(N)=C(/Cc1ccccc1)C(=O)OC.CC. The van der Waals surface area contributed by atoms with Crippen LogP contribution in [0.5, 0.6) is 0 Å². The van der Waals surface area contributed by atoms with E-state index in [9.17, 15) is 4.79 Å². The molecule has 0 heterocycles. The number of rotatable bonds is 4. The average molecular weight is 261 g/mol. The number of hydrogen-bond acceptors (Lipinski definition) is 3. The van der Waals surface area contributed by atoms with E-state index < -0.39 is 0 Å². The molecule has 1 aromatic carbocycles. The third-order valence-electron chi connectivity index (χ3n) is 2.35. The van der Waals surface area contributed by atoms with Crippen molar-refractivity contribution in [1.82, 2.24) is 0 Å². The van der Waals surface area contributed by atoms with Crippen LogP contribution in [-0.2, 0) is 16.0 Å². The molecule has 0 amide bonds. The quantitative estimate of drug-likeness (QED) is 0.514. The molecule has 19 heavy (non-hydrogen) atoms. The molecule has 0 spiro atoms. The zero-order valence-corrected chi connectivity index (χ0v) is 12.1. The summed E-state index contributed by atoms with van der Waals surface area (Å²) in [5.74, 6) is -0.385. The minimum atomic E-state index is -0.385. The summed E-state index contributed by atoms with van der Waals surface area (Å²) in [7, 11) is 1.36. The molecule has 0 bridgehead atoms. The summed E-state index contributed by atoms with van der Waals surface area (Å²) in [6.07, 6.45) is 3.97. The summed E-state index contributed by atoms with van der Waals surface area (Å²) in [6.45, 7) is 5.85. The van der Waals surface area contributed by atoms with Crippen LogP contribution >= 0.6 is 0 Å². The first-order valence-electron chi connectivity index (χ1n) is 6.42. The second-order valence-corrected chi connectivity index (χ2v) is 3.59. The highest BCUT2D eigenvalue weighted by molar-refractivity contribution is 5.90. The lowest BCUT2D eigenvalue weighted by atomic mass is 10.0. The van der Waals surface area contributed by atoms with Crippen molar-refractivity contribution in [1.29, 1.82) is 0 Å². The van der Waals surface area contributed by atoms with Gasteiger partial charge >= 0.3 is 5.97 Å². The highest BCUT2D eigenvalue weighted by Crippen LogP contribution is 2.12. The maximum Gasteiger partial charge on any atom is 0.336 e. The predicted octanol–water partition coefficient (Wildman–Crippen LogP) is 3.22. The third-order valence-corrected chi connectivity index (χ3v) is 2.35. The van der Waals surface area contributed by atoms with E-state index in [0.29, 0.717) is 17.7 Å². The van der Waals surface area contributed by atoms with E-state index in [0.717, 1.165) is 5.56 Å². The number of esters is 1. The summed E-state index contributed by atoms with van der Waals surface area (Å²) in [5.41, 5.74) is 7.80. The Bertz CT molecular complexity index is 433. The largest absolute Gasteiger partial charge is 0.466 e. The first kappa shape index (κ1) is 17.0. The van der Waals surface area contributed by atoms with Crippen molar-refractivity contribution < 1.29 is 9.53 Å². The number of nitrogens with two attached hydrogens (primary N) is 1. The fraction of sp³-hybridized carbons (Fsp3) is 0.312. The Hall–Kier alpha value is -2.03. The molecular formula is C16H23NO2. The van der Waals surface area contributed by atoms with E-state index in [1.165, 1.54) is 7.11 Å². The molecule has 0 radical (unpaired) electrons. The van der Waals surface area contributed by atoms with Crippen LogP contribution in [0.4, 0.5) is 0 Å². The van der Waals surface area contributed by atoms with E-state index in [-0.39, 0.29) is 5.97 Å². The summed E-state index contributed by atoms with van der Waals surface area (Å²) >= 11 is 0. The Morgan fingerprint density at radius 2 is 1.84 bits per heavy atom. The zero-order valence-electron chi connectivity index (χ0n) is 12.1. The van der Waals surface area contributed by atoms with Crippen LogP contribution in [0.1, 0.15) is 26.3 Å². The van der Waals surface area contributed by atoms with Crippen LogP contribution in [0.15, 0.2) is 53.8 Å².